The average molecular weight is 548 g/mol. The summed E-state index contributed by atoms with van der Waals surface area (Å²) in [6.07, 6.45) is -0.627. The molecule has 12 nitrogen and oxygen atoms in total. The van der Waals surface area contributed by atoms with Crippen molar-refractivity contribution in [3.8, 4) is 0 Å². The van der Waals surface area contributed by atoms with Gasteiger partial charge in [-0.1, -0.05) is 50.6 Å². The predicted octanol–water partition coefficient (Wildman–Crippen LogP) is 4.16. The van der Waals surface area contributed by atoms with Gasteiger partial charge < -0.3 is 34.0 Å². The van der Waals surface area contributed by atoms with E-state index in [0.29, 0.717) is 6.42 Å². The smallest absolute Gasteiger partial charge is 0.408 e. The SMILES string of the molecule is CC[C@@H](C)[C@H](Nc1oc([C@H](CC(=O)OCc2ccccc2)NC(=O)OC(C)(C)C)nc1C(=O)OC)C(=O)OC. The maximum absolute atomic E-state index is 12.7. The molecular weight excluding hydrogens is 510 g/mol. The van der Waals surface area contributed by atoms with Gasteiger partial charge in [0.1, 0.15) is 24.3 Å². The highest BCUT2D eigenvalue weighted by atomic mass is 16.6. The van der Waals surface area contributed by atoms with Gasteiger partial charge in [0.05, 0.1) is 20.6 Å². The van der Waals surface area contributed by atoms with Gasteiger partial charge in [-0.25, -0.2) is 19.4 Å². The number of carbonyl (C=O) groups is 4. The van der Waals surface area contributed by atoms with E-state index in [1.165, 1.54) is 7.11 Å². The number of carbonyl (C=O) groups excluding carboxylic acids is 4. The molecule has 0 bridgehead atoms. The summed E-state index contributed by atoms with van der Waals surface area (Å²) in [6.45, 7) is 8.76. The van der Waals surface area contributed by atoms with E-state index in [1.54, 1.807) is 32.9 Å². The zero-order valence-electron chi connectivity index (χ0n) is 23.4. The number of nitrogens with one attached hydrogen (secondary N) is 2. The Morgan fingerprint density at radius 2 is 1.72 bits per heavy atom. The molecule has 214 valence electrons. The number of aromatic nitrogens is 1. The molecule has 12 heteroatoms. The number of benzene rings is 1. The number of methoxy groups -OCH3 is 2. The predicted molar refractivity (Wildman–Crippen MR) is 140 cm³/mol. The molecule has 0 saturated carbocycles. The normalized spacial score (nSPS) is 13.4. The molecule has 39 heavy (non-hydrogen) atoms. The summed E-state index contributed by atoms with van der Waals surface area (Å²) in [4.78, 5) is 54.5. The van der Waals surface area contributed by atoms with Crippen LogP contribution in [0.15, 0.2) is 34.7 Å². The molecule has 1 amide bonds. The molecule has 0 aliphatic heterocycles. The Morgan fingerprint density at radius 3 is 2.28 bits per heavy atom. The highest BCUT2D eigenvalue weighted by molar-refractivity contribution is 5.93. The molecule has 0 aliphatic rings. The fourth-order valence-corrected chi connectivity index (χ4v) is 3.37. The number of amides is 1. The number of anilines is 1. The monoisotopic (exact) mass is 547 g/mol. The van der Waals surface area contributed by atoms with Crippen molar-refractivity contribution < 1.29 is 42.5 Å². The zero-order chi connectivity index (χ0) is 29.2. The topological polar surface area (TPSA) is 155 Å². The summed E-state index contributed by atoms with van der Waals surface area (Å²) in [5, 5.41) is 5.41. The number of nitrogens with zero attached hydrogens (tertiary/aromatic N) is 1. The van der Waals surface area contributed by atoms with Crippen LogP contribution in [0, 0.1) is 5.92 Å². The van der Waals surface area contributed by atoms with E-state index < -0.39 is 48.1 Å². The zero-order valence-corrected chi connectivity index (χ0v) is 23.4. The molecule has 2 rings (SSSR count). The number of hydrogen-bond acceptors (Lipinski definition) is 11. The van der Waals surface area contributed by atoms with Crippen LogP contribution >= 0.6 is 0 Å². The minimum atomic E-state index is -1.18. The van der Waals surface area contributed by atoms with Crippen LogP contribution in [0.4, 0.5) is 10.7 Å². The molecule has 2 N–H and O–H groups in total. The Hall–Kier alpha value is -4.09. The number of alkyl carbamates (subject to hydrolysis) is 1. The fourth-order valence-electron chi connectivity index (χ4n) is 3.37. The quantitative estimate of drug-likeness (QED) is 0.291. The third-order valence-corrected chi connectivity index (χ3v) is 5.58. The highest BCUT2D eigenvalue weighted by Gasteiger charge is 2.33. The number of rotatable bonds is 12. The molecule has 0 radical (unpaired) electrons. The van der Waals surface area contributed by atoms with Crippen molar-refractivity contribution in [1.29, 1.82) is 0 Å². The largest absolute Gasteiger partial charge is 0.467 e. The molecule has 0 saturated heterocycles. The first-order chi connectivity index (χ1) is 18.4. The van der Waals surface area contributed by atoms with Crippen LogP contribution in [0.3, 0.4) is 0 Å². The summed E-state index contributed by atoms with van der Waals surface area (Å²) in [5.74, 6) is -2.69. The third kappa shape index (κ3) is 9.62. The molecule has 1 heterocycles. The third-order valence-electron chi connectivity index (χ3n) is 5.58. The number of ether oxygens (including phenoxy) is 4. The molecule has 1 aromatic carbocycles. The molecule has 0 spiro atoms. The van der Waals surface area contributed by atoms with Crippen molar-refractivity contribution in [2.45, 2.75) is 71.8 Å². The van der Waals surface area contributed by atoms with E-state index in [0.717, 1.165) is 12.7 Å². The summed E-state index contributed by atoms with van der Waals surface area (Å²) in [5.41, 5.74) is -0.331. The Kier molecular flexibility index (Phi) is 11.3. The average Bonchev–Trinajstić information content (AvgIpc) is 3.32. The van der Waals surface area contributed by atoms with Crippen molar-refractivity contribution in [2.75, 3.05) is 19.5 Å². The van der Waals surface area contributed by atoms with Crippen LogP contribution in [0.25, 0.3) is 0 Å². The summed E-state index contributed by atoms with van der Waals surface area (Å²) in [6, 6.07) is 7.00. The van der Waals surface area contributed by atoms with Gasteiger partial charge in [-0.05, 0) is 32.3 Å². The minimum absolute atomic E-state index is 0.0142. The Bertz CT molecular complexity index is 1130. The Balaban J connectivity index is 2.39. The van der Waals surface area contributed by atoms with Crippen LogP contribution in [0.5, 0.6) is 0 Å². The molecule has 1 aromatic heterocycles. The van der Waals surface area contributed by atoms with Crippen LogP contribution < -0.4 is 10.6 Å². The van der Waals surface area contributed by atoms with Gasteiger partial charge in [-0.3, -0.25) is 4.79 Å². The van der Waals surface area contributed by atoms with Gasteiger partial charge in [0, 0.05) is 0 Å². The van der Waals surface area contributed by atoms with Gasteiger partial charge >= 0.3 is 24.0 Å². The summed E-state index contributed by atoms with van der Waals surface area (Å²) < 4.78 is 26.2. The van der Waals surface area contributed by atoms with Crippen LogP contribution in [0.2, 0.25) is 0 Å². The number of oxazole rings is 1. The Labute approximate surface area is 227 Å². The lowest BCUT2D eigenvalue weighted by Crippen LogP contribution is -2.37. The lowest BCUT2D eigenvalue weighted by atomic mass is 9.99. The first-order valence-electron chi connectivity index (χ1n) is 12.5. The van der Waals surface area contributed by atoms with Gasteiger partial charge in [0.15, 0.2) is 0 Å². The van der Waals surface area contributed by atoms with E-state index in [-0.39, 0.29) is 30.0 Å². The second kappa shape index (κ2) is 14.2. The lowest BCUT2D eigenvalue weighted by Gasteiger charge is -2.22. The molecule has 0 aliphatic carbocycles. The highest BCUT2D eigenvalue weighted by Crippen LogP contribution is 2.28. The van der Waals surface area contributed by atoms with Gasteiger partial charge in [0.25, 0.3) is 0 Å². The maximum Gasteiger partial charge on any atom is 0.408 e. The number of hydrogen-bond donors (Lipinski definition) is 2. The van der Waals surface area contributed by atoms with E-state index >= 15 is 0 Å². The van der Waals surface area contributed by atoms with Crippen LogP contribution in [-0.4, -0.2) is 54.8 Å². The number of esters is 3. The summed E-state index contributed by atoms with van der Waals surface area (Å²) >= 11 is 0. The molecule has 2 aromatic rings. The van der Waals surface area contributed by atoms with Crippen LogP contribution in [-0.2, 0) is 35.1 Å². The van der Waals surface area contributed by atoms with Crippen molar-refractivity contribution >= 4 is 29.9 Å². The van der Waals surface area contributed by atoms with Crippen molar-refractivity contribution in [3.63, 3.8) is 0 Å². The van der Waals surface area contributed by atoms with Crippen LogP contribution in [0.1, 0.15) is 75.4 Å². The fraction of sp³-hybridized carbons (Fsp3) is 0.519. The van der Waals surface area contributed by atoms with E-state index in [9.17, 15) is 19.2 Å². The first kappa shape index (κ1) is 31.1. The second-order valence-electron chi connectivity index (χ2n) is 9.80. The molecule has 0 fully saturated rings. The van der Waals surface area contributed by atoms with Crippen molar-refractivity contribution in [3.05, 3.63) is 47.5 Å². The van der Waals surface area contributed by atoms with E-state index in [1.807, 2.05) is 32.0 Å². The van der Waals surface area contributed by atoms with Gasteiger partial charge in [-0.2, -0.15) is 0 Å². The lowest BCUT2D eigenvalue weighted by molar-refractivity contribution is -0.145. The first-order valence-corrected chi connectivity index (χ1v) is 12.5. The standard InChI is InChI=1S/C27H37N3O9/c1-8-16(2)20(24(32)35-6)29-23-21(25(33)36-7)30-22(38-23)18(28-26(34)39-27(3,4)5)14-19(31)37-15-17-12-10-9-11-13-17/h9-13,16,18,20,29H,8,14-15H2,1-7H3,(H,28,34)/t16-,18+,20+/m1/s1. The van der Waals surface area contributed by atoms with Gasteiger partial charge in [-0.15, -0.1) is 0 Å². The second-order valence-corrected chi connectivity index (χ2v) is 9.80. The van der Waals surface area contributed by atoms with Crippen molar-refractivity contribution in [1.82, 2.24) is 10.3 Å². The maximum atomic E-state index is 12.7. The Morgan fingerprint density at radius 1 is 1.05 bits per heavy atom. The molecule has 0 unspecified atom stereocenters. The summed E-state index contributed by atoms with van der Waals surface area (Å²) in [7, 11) is 2.40. The minimum Gasteiger partial charge on any atom is -0.467 e. The van der Waals surface area contributed by atoms with E-state index in [4.69, 9.17) is 23.4 Å². The molecular formula is C27H37N3O9. The van der Waals surface area contributed by atoms with Gasteiger partial charge in [0.2, 0.25) is 17.5 Å². The van der Waals surface area contributed by atoms with Crippen molar-refractivity contribution in [2.24, 2.45) is 5.92 Å². The van der Waals surface area contributed by atoms with E-state index in [2.05, 4.69) is 15.6 Å². The molecule has 3 atom stereocenters.